The minimum absolute atomic E-state index is 0. The second kappa shape index (κ2) is 11.1. The van der Waals surface area contributed by atoms with Crippen LogP contribution in [0.4, 0.5) is 0 Å². The van der Waals surface area contributed by atoms with Crippen LogP contribution < -0.4 is 14.2 Å². The third-order valence-electron chi connectivity index (χ3n) is 4.32. The van der Waals surface area contributed by atoms with E-state index in [1.54, 1.807) is 14.2 Å². The lowest BCUT2D eigenvalue weighted by molar-refractivity contribution is -0.137. The maximum Gasteiger partial charge on any atom is 0.303 e. The Balaban J connectivity index is 0.00000312. The number of carboxylic acid groups (broad SMARTS) is 1. The molecule has 0 bridgehead atoms. The van der Waals surface area contributed by atoms with Crippen molar-refractivity contribution in [3.63, 3.8) is 0 Å². The van der Waals surface area contributed by atoms with Gasteiger partial charge in [0.1, 0.15) is 6.10 Å². The molecule has 1 N–H and O–H groups in total. The maximum atomic E-state index is 10.5. The van der Waals surface area contributed by atoms with Crippen molar-refractivity contribution >= 4 is 18.4 Å². The number of benzene rings is 1. The molecule has 1 aliphatic rings. The summed E-state index contributed by atoms with van der Waals surface area (Å²) in [5.41, 5.74) is 0. The number of unbranched alkanes of at least 4 members (excludes halogenated alkanes) is 1. The van der Waals surface area contributed by atoms with Crippen LogP contribution in [-0.2, 0) is 4.79 Å². The van der Waals surface area contributed by atoms with E-state index in [-0.39, 0.29) is 24.9 Å². The molecule has 0 aromatic heterocycles. The predicted octanol–water partition coefficient (Wildman–Crippen LogP) is 3.22. The Morgan fingerprint density at radius 2 is 1.76 bits per heavy atom. The fourth-order valence-electron chi connectivity index (χ4n) is 2.96. The lowest BCUT2D eigenvalue weighted by atomic mass is 10.1. The maximum absolute atomic E-state index is 10.5. The molecule has 1 saturated heterocycles. The molecule has 0 saturated carbocycles. The highest BCUT2D eigenvalue weighted by Crippen LogP contribution is 2.38. The molecule has 1 fully saturated rings. The van der Waals surface area contributed by atoms with Gasteiger partial charge in [-0.25, -0.2) is 0 Å². The molecular formula is C18H28ClNO5. The average Bonchev–Trinajstić information content (AvgIpc) is 2.60. The van der Waals surface area contributed by atoms with Crippen molar-refractivity contribution in [2.24, 2.45) is 0 Å². The number of aliphatic carboxylic acids is 1. The molecule has 0 aliphatic carbocycles. The molecule has 1 aliphatic heterocycles. The highest BCUT2D eigenvalue weighted by atomic mass is 35.5. The van der Waals surface area contributed by atoms with Crippen molar-refractivity contribution in [1.29, 1.82) is 0 Å². The number of rotatable bonds is 9. The number of piperidine rings is 1. The summed E-state index contributed by atoms with van der Waals surface area (Å²) in [5, 5.41) is 8.66. The first-order valence-electron chi connectivity index (χ1n) is 8.46. The zero-order valence-corrected chi connectivity index (χ0v) is 15.7. The summed E-state index contributed by atoms with van der Waals surface area (Å²) in [7, 11) is 3.25. The SMILES string of the molecule is COc1cccc(OC)c1OC1CCN(CCCCC(=O)O)CC1.Cl. The molecule has 1 heterocycles. The molecule has 1 aromatic rings. The molecule has 0 unspecified atom stereocenters. The Bertz CT molecular complexity index is 510. The fourth-order valence-corrected chi connectivity index (χ4v) is 2.96. The Hall–Kier alpha value is -1.66. The van der Waals surface area contributed by atoms with Crippen LogP contribution in [0.15, 0.2) is 18.2 Å². The van der Waals surface area contributed by atoms with Crippen LogP contribution in [-0.4, -0.2) is 55.9 Å². The number of para-hydroxylation sites is 1. The van der Waals surface area contributed by atoms with Crippen molar-refractivity contribution in [2.75, 3.05) is 33.9 Å². The summed E-state index contributed by atoms with van der Waals surface area (Å²) in [4.78, 5) is 12.9. The van der Waals surface area contributed by atoms with Crippen LogP contribution >= 0.6 is 12.4 Å². The lowest BCUT2D eigenvalue weighted by Crippen LogP contribution is -2.38. The Morgan fingerprint density at radius 3 is 2.28 bits per heavy atom. The molecule has 2 rings (SSSR count). The summed E-state index contributed by atoms with van der Waals surface area (Å²) >= 11 is 0. The molecule has 0 amide bonds. The summed E-state index contributed by atoms with van der Waals surface area (Å²) in [6.07, 6.45) is 3.96. The smallest absolute Gasteiger partial charge is 0.303 e. The number of nitrogens with zero attached hydrogens (tertiary/aromatic N) is 1. The summed E-state index contributed by atoms with van der Waals surface area (Å²) in [5.74, 6) is 1.33. The minimum Gasteiger partial charge on any atom is -0.493 e. The largest absolute Gasteiger partial charge is 0.493 e. The van der Waals surface area contributed by atoms with Crippen molar-refractivity contribution < 1.29 is 24.1 Å². The summed E-state index contributed by atoms with van der Waals surface area (Å²) in [6, 6.07) is 5.62. The monoisotopic (exact) mass is 373 g/mol. The van der Waals surface area contributed by atoms with E-state index in [0.717, 1.165) is 45.3 Å². The molecule has 0 spiro atoms. The lowest BCUT2D eigenvalue weighted by Gasteiger charge is -2.32. The van der Waals surface area contributed by atoms with Crippen molar-refractivity contribution in [1.82, 2.24) is 4.90 Å². The quantitative estimate of drug-likeness (QED) is 0.670. The zero-order valence-electron chi connectivity index (χ0n) is 14.9. The van der Waals surface area contributed by atoms with Crippen LogP contribution in [0.5, 0.6) is 17.2 Å². The van der Waals surface area contributed by atoms with E-state index >= 15 is 0 Å². The molecule has 142 valence electrons. The summed E-state index contributed by atoms with van der Waals surface area (Å²) < 4.78 is 16.9. The molecule has 0 radical (unpaired) electrons. The second-order valence-corrected chi connectivity index (χ2v) is 6.00. The van der Waals surface area contributed by atoms with Crippen molar-refractivity contribution in [3.05, 3.63) is 18.2 Å². The van der Waals surface area contributed by atoms with Gasteiger partial charge in [0, 0.05) is 19.5 Å². The van der Waals surface area contributed by atoms with E-state index in [4.69, 9.17) is 19.3 Å². The highest BCUT2D eigenvalue weighted by molar-refractivity contribution is 5.85. The topological polar surface area (TPSA) is 68.2 Å². The third-order valence-corrected chi connectivity index (χ3v) is 4.32. The molecular weight excluding hydrogens is 346 g/mol. The van der Waals surface area contributed by atoms with Gasteiger partial charge in [-0.05, 0) is 44.4 Å². The average molecular weight is 374 g/mol. The minimum atomic E-state index is -0.715. The highest BCUT2D eigenvalue weighted by Gasteiger charge is 2.23. The first-order chi connectivity index (χ1) is 11.6. The van der Waals surface area contributed by atoms with Gasteiger partial charge in [-0.1, -0.05) is 6.07 Å². The predicted molar refractivity (Wildman–Crippen MR) is 98.4 cm³/mol. The van der Waals surface area contributed by atoms with E-state index in [9.17, 15) is 4.79 Å². The fraction of sp³-hybridized carbons (Fsp3) is 0.611. The molecule has 0 atom stereocenters. The first-order valence-corrected chi connectivity index (χ1v) is 8.46. The van der Waals surface area contributed by atoms with Crippen LogP contribution in [0.2, 0.25) is 0 Å². The van der Waals surface area contributed by atoms with Gasteiger partial charge < -0.3 is 24.2 Å². The van der Waals surface area contributed by atoms with Gasteiger partial charge in [0.05, 0.1) is 14.2 Å². The summed E-state index contributed by atoms with van der Waals surface area (Å²) in [6.45, 7) is 2.89. The second-order valence-electron chi connectivity index (χ2n) is 6.00. The van der Waals surface area contributed by atoms with Crippen LogP contribution in [0, 0.1) is 0 Å². The number of hydrogen-bond acceptors (Lipinski definition) is 5. The van der Waals surface area contributed by atoms with Gasteiger partial charge in [0.2, 0.25) is 5.75 Å². The Kier molecular flexibility index (Phi) is 9.45. The van der Waals surface area contributed by atoms with Gasteiger partial charge in [0.15, 0.2) is 11.5 Å². The van der Waals surface area contributed by atoms with E-state index in [2.05, 4.69) is 4.90 Å². The first kappa shape index (κ1) is 21.4. The number of hydrogen-bond donors (Lipinski definition) is 1. The van der Waals surface area contributed by atoms with Crippen LogP contribution in [0.25, 0.3) is 0 Å². The van der Waals surface area contributed by atoms with Gasteiger partial charge in [-0.2, -0.15) is 0 Å². The van der Waals surface area contributed by atoms with E-state index in [1.165, 1.54) is 0 Å². The van der Waals surface area contributed by atoms with Gasteiger partial charge >= 0.3 is 5.97 Å². The van der Waals surface area contributed by atoms with Gasteiger partial charge in [0.25, 0.3) is 0 Å². The molecule has 1 aromatic carbocycles. The number of carboxylic acids is 1. The third kappa shape index (κ3) is 6.63. The number of carbonyl (C=O) groups is 1. The van der Waals surface area contributed by atoms with Crippen LogP contribution in [0.1, 0.15) is 32.1 Å². The van der Waals surface area contributed by atoms with Crippen LogP contribution in [0.3, 0.4) is 0 Å². The van der Waals surface area contributed by atoms with Crippen molar-refractivity contribution in [2.45, 2.75) is 38.2 Å². The van der Waals surface area contributed by atoms with Crippen molar-refractivity contribution in [3.8, 4) is 17.2 Å². The standard InChI is InChI=1S/C18H27NO5.ClH/c1-22-15-6-5-7-16(23-2)18(15)24-14-9-12-19(13-10-14)11-4-3-8-17(20)21;/h5-7,14H,3-4,8-13H2,1-2H3,(H,20,21);1H. The molecule has 25 heavy (non-hydrogen) atoms. The number of ether oxygens (including phenoxy) is 3. The van der Waals surface area contributed by atoms with E-state index in [0.29, 0.717) is 17.2 Å². The normalized spacial score (nSPS) is 15.3. The van der Waals surface area contributed by atoms with Gasteiger partial charge in [-0.3, -0.25) is 4.79 Å². The number of likely N-dealkylation sites (tertiary alicyclic amines) is 1. The Morgan fingerprint density at radius 1 is 1.16 bits per heavy atom. The Labute approximate surface area is 155 Å². The molecule has 6 nitrogen and oxygen atoms in total. The molecule has 7 heteroatoms. The number of methoxy groups -OCH3 is 2. The van der Waals surface area contributed by atoms with E-state index < -0.39 is 5.97 Å². The van der Waals surface area contributed by atoms with E-state index in [1.807, 2.05) is 18.2 Å². The zero-order chi connectivity index (χ0) is 17.4. The van der Waals surface area contributed by atoms with Gasteiger partial charge in [-0.15, -0.1) is 12.4 Å². The number of halogens is 1.